The van der Waals surface area contributed by atoms with E-state index in [0.717, 1.165) is 70.9 Å². The van der Waals surface area contributed by atoms with E-state index in [-0.39, 0.29) is 35.6 Å². The molecule has 1 heterocycles. The Morgan fingerprint density at radius 1 is 1.08 bits per heavy atom. The fraction of sp³-hybridized carbons (Fsp3) is 0.889. The van der Waals surface area contributed by atoms with E-state index < -0.39 is 5.54 Å². The molecule has 3 N–H and O–H groups in total. The number of hydrogen-bond acceptors (Lipinski definition) is 3. The average Bonchev–Trinajstić information content (AvgIpc) is 3.27. The zero-order valence-electron chi connectivity index (χ0n) is 14.8. The number of rotatable bonds is 5. The van der Waals surface area contributed by atoms with Crippen molar-refractivity contribution in [3.63, 3.8) is 0 Å². The maximum Gasteiger partial charge on any atom is 0.245 e. The van der Waals surface area contributed by atoms with Gasteiger partial charge in [-0.1, -0.05) is 26.2 Å². The summed E-state index contributed by atoms with van der Waals surface area (Å²) in [5.41, 5.74) is -0.424. The van der Waals surface area contributed by atoms with Gasteiger partial charge in [-0.15, -0.1) is 12.4 Å². The molecule has 1 spiro atoms. The Bertz CT molecular complexity index is 457. The largest absolute Gasteiger partial charge is 0.354 e. The normalized spacial score (nSPS) is 27.0. The van der Waals surface area contributed by atoms with Crippen LogP contribution >= 0.6 is 12.4 Å². The summed E-state index contributed by atoms with van der Waals surface area (Å²) in [6.45, 7) is 4.78. The van der Waals surface area contributed by atoms with E-state index in [0.29, 0.717) is 6.54 Å². The van der Waals surface area contributed by atoms with Crippen LogP contribution in [0.2, 0.25) is 0 Å². The summed E-state index contributed by atoms with van der Waals surface area (Å²) in [5, 5.41) is 9.59. The van der Waals surface area contributed by atoms with Crippen LogP contribution in [0.3, 0.4) is 0 Å². The molecule has 3 fully saturated rings. The molecule has 24 heavy (non-hydrogen) atoms. The van der Waals surface area contributed by atoms with Crippen molar-refractivity contribution in [1.29, 1.82) is 0 Å². The maximum atomic E-state index is 12.8. The number of piperidine rings is 1. The van der Waals surface area contributed by atoms with Crippen LogP contribution < -0.4 is 16.0 Å². The number of amides is 2. The van der Waals surface area contributed by atoms with Crippen LogP contribution in [0.25, 0.3) is 0 Å². The Balaban J connectivity index is 0.00000208. The van der Waals surface area contributed by atoms with Crippen LogP contribution in [0.15, 0.2) is 0 Å². The second-order valence-electron chi connectivity index (χ2n) is 7.76. The van der Waals surface area contributed by atoms with Crippen LogP contribution in [0.4, 0.5) is 0 Å². The lowest BCUT2D eigenvalue weighted by atomic mass is 9.80. The van der Waals surface area contributed by atoms with E-state index >= 15 is 0 Å². The van der Waals surface area contributed by atoms with Crippen LogP contribution in [0.5, 0.6) is 0 Å². The number of hydrogen-bond donors (Lipinski definition) is 3. The first kappa shape index (κ1) is 19.5. The van der Waals surface area contributed by atoms with E-state index in [4.69, 9.17) is 0 Å². The minimum Gasteiger partial charge on any atom is -0.354 e. The fourth-order valence-corrected chi connectivity index (χ4v) is 4.49. The summed E-state index contributed by atoms with van der Waals surface area (Å²) in [5.74, 6) is 0.287. The summed E-state index contributed by atoms with van der Waals surface area (Å²) in [6.07, 6.45) is 8.92. The van der Waals surface area contributed by atoms with Crippen molar-refractivity contribution in [3.05, 3.63) is 0 Å². The molecule has 2 saturated carbocycles. The van der Waals surface area contributed by atoms with Gasteiger partial charge in [-0.05, 0) is 57.0 Å². The molecule has 5 nitrogen and oxygen atoms in total. The number of nitrogens with one attached hydrogen (secondary N) is 3. The lowest BCUT2D eigenvalue weighted by Crippen LogP contribution is -2.60. The Morgan fingerprint density at radius 2 is 1.75 bits per heavy atom. The maximum absolute atomic E-state index is 12.8. The average molecular weight is 358 g/mol. The highest BCUT2D eigenvalue weighted by Gasteiger charge is 2.58. The highest BCUT2D eigenvalue weighted by molar-refractivity contribution is 5.93. The molecule has 0 radical (unpaired) electrons. The molecule has 1 aliphatic heterocycles. The summed E-state index contributed by atoms with van der Waals surface area (Å²) >= 11 is 0. The molecule has 6 heteroatoms. The number of carbonyl (C=O) groups excluding carboxylic acids is 2. The van der Waals surface area contributed by atoms with E-state index in [9.17, 15) is 9.59 Å². The predicted molar refractivity (Wildman–Crippen MR) is 97.2 cm³/mol. The molecule has 0 aromatic heterocycles. The molecule has 138 valence electrons. The Morgan fingerprint density at radius 3 is 2.38 bits per heavy atom. The molecule has 3 aliphatic rings. The van der Waals surface area contributed by atoms with Crippen LogP contribution in [-0.2, 0) is 9.59 Å². The highest BCUT2D eigenvalue weighted by Crippen LogP contribution is 2.58. The lowest BCUT2D eigenvalue weighted by Gasteiger charge is -2.37. The first-order valence-corrected chi connectivity index (χ1v) is 9.43. The topological polar surface area (TPSA) is 70.2 Å². The molecule has 0 aromatic rings. The third kappa shape index (κ3) is 3.88. The standard InChI is InChI=1S/C18H31N3O2.ClH/c1-2-10-20-16(23)18(6-4-3-5-7-18)21-15(22)14-13-17(14)8-11-19-12-9-17;/h14,19H,2-13H2,1H3,(H,20,23)(H,21,22);1H. The minimum atomic E-state index is -0.652. The van der Waals surface area contributed by atoms with Crippen LogP contribution in [-0.4, -0.2) is 37.0 Å². The molecule has 0 aromatic carbocycles. The van der Waals surface area contributed by atoms with E-state index in [2.05, 4.69) is 22.9 Å². The predicted octanol–water partition coefficient (Wildman–Crippen LogP) is 2.14. The molecular formula is C18H32ClN3O2. The lowest BCUT2D eigenvalue weighted by molar-refractivity contribution is -0.136. The number of halogens is 1. The zero-order chi connectivity index (χ0) is 16.3. The fourth-order valence-electron chi connectivity index (χ4n) is 4.49. The van der Waals surface area contributed by atoms with Gasteiger partial charge < -0.3 is 16.0 Å². The molecule has 2 aliphatic carbocycles. The second kappa shape index (κ2) is 8.05. The van der Waals surface area contributed by atoms with Gasteiger partial charge in [0.25, 0.3) is 0 Å². The third-order valence-electron chi connectivity index (χ3n) is 6.15. The minimum absolute atomic E-state index is 0. The van der Waals surface area contributed by atoms with Gasteiger partial charge >= 0.3 is 0 Å². The summed E-state index contributed by atoms with van der Waals surface area (Å²) in [7, 11) is 0. The smallest absolute Gasteiger partial charge is 0.245 e. The summed E-state index contributed by atoms with van der Waals surface area (Å²) < 4.78 is 0. The molecule has 2 amide bonds. The van der Waals surface area contributed by atoms with E-state index in [1.54, 1.807) is 0 Å². The van der Waals surface area contributed by atoms with Crippen LogP contribution in [0.1, 0.15) is 64.7 Å². The first-order valence-electron chi connectivity index (χ1n) is 9.43. The van der Waals surface area contributed by atoms with Gasteiger partial charge in [0.2, 0.25) is 11.8 Å². The quantitative estimate of drug-likeness (QED) is 0.706. The van der Waals surface area contributed by atoms with Crippen molar-refractivity contribution in [2.75, 3.05) is 19.6 Å². The monoisotopic (exact) mass is 357 g/mol. The zero-order valence-corrected chi connectivity index (χ0v) is 15.6. The van der Waals surface area contributed by atoms with Crippen molar-refractivity contribution < 1.29 is 9.59 Å². The van der Waals surface area contributed by atoms with Gasteiger partial charge in [-0.25, -0.2) is 0 Å². The molecule has 1 unspecified atom stereocenters. The SMILES string of the molecule is CCCNC(=O)C1(NC(=O)C2CC23CCNCC3)CCCCC1.Cl. The second-order valence-corrected chi connectivity index (χ2v) is 7.76. The van der Waals surface area contributed by atoms with Gasteiger partial charge in [0.1, 0.15) is 5.54 Å². The van der Waals surface area contributed by atoms with Gasteiger partial charge in [0.05, 0.1) is 0 Å². The van der Waals surface area contributed by atoms with Crippen molar-refractivity contribution in [2.45, 2.75) is 70.3 Å². The van der Waals surface area contributed by atoms with Crippen molar-refractivity contribution in [3.8, 4) is 0 Å². The Kier molecular flexibility index (Phi) is 6.54. The van der Waals surface area contributed by atoms with Crippen molar-refractivity contribution in [2.24, 2.45) is 11.3 Å². The third-order valence-corrected chi connectivity index (χ3v) is 6.15. The first-order chi connectivity index (χ1) is 11.1. The molecule has 1 saturated heterocycles. The number of carbonyl (C=O) groups is 2. The highest BCUT2D eigenvalue weighted by atomic mass is 35.5. The van der Waals surface area contributed by atoms with E-state index in [1.807, 2.05) is 0 Å². The van der Waals surface area contributed by atoms with Gasteiger partial charge in [0, 0.05) is 12.5 Å². The molecule has 3 rings (SSSR count). The molecular weight excluding hydrogens is 326 g/mol. The summed E-state index contributed by atoms with van der Waals surface area (Å²) in [4.78, 5) is 25.5. The van der Waals surface area contributed by atoms with Gasteiger partial charge in [-0.2, -0.15) is 0 Å². The van der Waals surface area contributed by atoms with Crippen molar-refractivity contribution in [1.82, 2.24) is 16.0 Å². The summed E-state index contributed by atoms with van der Waals surface area (Å²) in [6, 6.07) is 0. The molecule has 1 atom stereocenters. The van der Waals surface area contributed by atoms with Gasteiger partial charge in [-0.3, -0.25) is 9.59 Å². The Labute approximate surface area is 151 Å². The van der Waals surface area contributed by atoms with E-state index in [1.165, 1.54) is 0 Å². The Hall–Kier alpha value is -0.810. The molecule has 0 bridgehead atoms. The van der Waals surface area contributed by atoms with Crippen LogP contribution in [0, 0.1) is 11.3 Å². The van der Waals surface area contributed by atoms with Gasteiger partial charge in [0.15, 0.2) is 0 Å². The van der Waals surface area contributed by atoms with Crippen molar-refractivity contribution >= 4 is 24.2 Å².